The zero-order valence-electron chi connectivity index (χ0n) is 17.6. The van der Waals surface area contributed by atoms with E-state index in [4.69, 9.17) is 25.8 Å². The van der Waals surface area contributed by atoms with Gasteiger partial charge in [0, 0.05) is 32.3 Å². The first-order chi connectivity index (χ1) is 14.3. The predicted molar refractivity (Wildman–Crippen MR) is 116 cm³/mol. The van der Waals surface area contributed by atoms with E-state index in [0.29, 0.717) is 56.7 Å². The number of sulfonamides is 1. The van der Waals surface area contributed by atoms with Gasteiger partial charge in [-0.25, -0.2) is 8.42 Å². The van der Waals surface area contributed by atoms with Crippen LogP contribution in [0.5, 0.6) is 11.5 Å². The Morgan fingerprint density at radius 3 is 2.37 bits per heavy atom. The zero-order valence-corrected chi connectivity index (χ0v) is 19.1. The second kappa shape index (κ2) is 9.32. The molecular formula is C19H27ClN4O5S. The topological polar surface area (TPSA) is 94.9 Å². The van der Waals surface area contributed by atoms with Crippen molar-refractivity contribution < 1.29 is 22.6 Å². The van der Waals surface area contributed by atoms with Gasteiger partial charge in [0.25, 0.3) is 10.0 Å². The Morgan fingerprint density at radius 2 is 1.80 bits per heavy atom. The van der Waals surface area contributed by atoms with E-state index in [9.17, 15) is 8.42 Å². The average Bonchev–Trinajstić information content (AvgIpc) is 2.96. The number of anilines is 2. The second-order valence-electron chi connectivity index (χ2n) is 6.72. The van der Waals surface area contributed by atoms with Gasteiger partial charge in [0.2, 0.25) is 0 Å². The third-order valence-corrected chi connectivity index (χ3v) is 6.69. The summed E-state index contributed by atoms with van der Waals surface area (Å²) < 4.78 is 47.1. The molecule has 2 aromatic rings. The highest BCUT2D eigenvalue weighted by atomic mass is 35.5. The Bertz CT molecular complexity index is 1000. The van der Waals surface area contributed by atoms with E-state index in [1.54, 1.807) is 26.1 Å². The SMILES string of the molecule is CCOc1cc(N2CCOCC2)c(OCC)cc1NS(=O)(=O)c1c(C)nn(C)c1Cl. The summed E-state index contributed by atoms with van der Waals surface area (Å²) >= 11 is 6.18. The fourth-order valence-corrected chi connectivity index (χ4v) is 5.15. The Hall–Kier alpha value is -2.17. The first-order valence-electron chi connectivity index (χ1n) is 9.76. The second-order valence-corrected chi connectivity index (χ2v) is 8.69. The van der Waals surface area contributed by atoms with Crippen LogP contribution in [0.25, 0.3) is 0 Å². The molecule has 3 rings (SSSR count). The van der Waals surface area contributed by atoms with Crippen LogP contribution in [0.1, 0.15) is 19.5 Å². The lowest BCUT2D eigenvalue weighted by molar-refractivity contribution is 0.122. The molecular weight excluding hydrogens is 432 g/mol. The van der Waals surface area contributed by atoms with E-state index >= 15 is 0 Å². The van der Waals surface area contributed by atoms with Gasteiger partial charge >= 0.3 is 0 Å². The maximum Gasteiger partial charge on any atom is 0.266 e. The molecule has 0 radical (unpaired) electrons. The van der Waals surface area contributed by atoms with Crippen molar-refractivity contribution in [2.45, 2.75) is 25.7 Å². The van der Waals surface area contributed by atoms with Crippen LogP contribution in [0, 0.1) is 6.92 Å². The van der Waals surface area contributed by atoms with Crippen LogP contribution < -0.4 is 19.1 Å². The highest BCUT2D eigenvalue weighted by Gasteiger charge is 2.28. The lowest BCUT2D eigenvalue weighted by atomic mass is 10.2. The van der Waals surface area contributed by atoms with Crippen molar-refractivity contribution in [3.05, 3.63) is 23.0 Å². The molecule has 1 aromatic heterocycles. The third kappa shape index (κ3) is 4.60. The lowest BCUT2D eigenvalue weighted by Crippen LogP contribution is -2.36. The third-order valence-electron chi connectivity index (χ3n) is 4.63. The number of hydrogen-bond donors (Lipinski definition) is 1. The van der Waals surface area contributed by atoms with Gasteiger partial charge in [-0.15, -0.1) is 0 Å². The maximum absolute atomic E-state index is 13.1. The van der Waals surface area contributed by atoms with E-state index in [1.807, 2.05) is 13.8 Å². The summed E-state index contributed by atoms with van der Waals surface area (Å²) in [6.07, 6.45) is 0. The summed E-state index contributed by atoms with van der Waals surface area (Å²) in [4.78, 5) is 2.07. The first-order valence-corrected chi connectivity index (χ1v) is 11.6. The number of ether oxygens (including phenoxy) is 3. The average molecular weight is 459 g/mol. The predicted octanol–water partition coefficient (Wildman–Crippen LogP) is 2.82. The molecule has 1 aromatic carbocycles. The summed E-state index contributed by atoms with van der Waals surface area (Å²) in [6.45, 7) is 8.77. The lowest BCUT2D eigenvalue weighted by Gasteiger charge is -2.31. The fourth-order valence-electron chi connectivity index (χ4n) is 3.34. The molecule has 166 valence electrons. The molecule has 0 atom stereocenters. The van der Waals surface area contributed by atoms with Crippen LogP contribution in [0.2, 0.25) is 5.15 Å². The Labute approximate surface area is 181 Å². The molecule has 0 unspecified atom stereocenters. The highest BCUT2D eigenvalue weighted by Crippen LogP contribution is 2.40. The van der Waals surface area contributed by atoms with Gasteiger partial charge in [0.05, 0.1) is 43.5 Å². The number of halogens is 1. The van der Waals surface area contributed by atoms with Crippen LogP contribution in [-0.2, 0) is 21.8 Å². The van der Waals surface area contributed by atoms with Crippen LogP contribution in [0.15, 0.2) is 17.0 Å². The van der Waals surface area contributed by atoms with Crippen LogP contribution in [0.3, 0.4) is 0 Å². The zero-order chi connectivity index (χ0) is 21.9. The number of rotatable bonds is 8. The molecule has 1 N–H and O–H groups in total. The highest BCUT2D eigenvalue weighted by molar-refractivity contribution is 7.92. The minimum absolute atomic E-state index is 0.0351. The molecule has 1 fully saturated rings. The normalized spacial score (nSPS) is 14.6. The van der Waals surface area contributed by atoms with Crippen LogP contribution in [0.4, 0.5) is 11.4 Å². The molecule has 0 bridgehead atoms. The monoisotopic (exact) mass is 458 g/mol. The first kappa shape index (κ1) is 22.5. The van der Waals surface area contributed by atoms with E-state index in [2.05, 4.69) is 14.7 Å². The summed E-state index contributed by atoms with van der Waals surface area (Å²) in [7, 11) is -2.41. The molecule has 11 heteroatoms. The van der Waals surface area contributed by atoms with Crippen molar-refractivity contribution in [1.82, 2.24) is 9.78 Å². The van der Waals surface area contributed by atoms with Crippen LogP contribution >= 0.6 is 11.6 Å². The minimum Gasteiger partial charge on any atom is -0.492 e. The number of benzene rings is 1. The quantitative estimate of drug-likeness (QED) is 0.649. The van der Waals surface area contributed by atoms with Crippen molar-refractivity contribution in [3.8, 4) is 11.5 Å². The molecule has 9 nitrogen and oxygen atoms in total. The van der Waals surface area contributed by atoms with Gasteiger partial charge in [-0.2, -0.15) is 5.10 Å². The summed E-state index contributed by atoms with van der Waals surface area (Å²) in [5, 5.41) is 4.13. The van der Waals surface area contributed by atoms with Gasteiger partial charge in [-0.05, 0) is 20.8 Å². The number of aryl methyl sites for hydroxylation is 2. The van der Waals surface area contributed by atoms with Gasteiger partial charge in [-0.3, -0.25) is 9.40 Å². The Balaban J connectivity index is 2.05. The number of morpholine rings is 1. The van der Waals surface area contributed by atoms with E-state index in [0.717, 1.165) is 5.69 Å². The fraction of sp³-hybridized carbons (Fsp3) is 0.526. The van der Waals surface area contributed by atoms with Crippen LogP contribution in [-0.4, -0.2) is 57.7 Å². The molecule has 1 aliphatic heterocycles. The largest absolute Gasteiger partial charge is 0.492 e. The van der Waals surface area contributed by atoms with Crippen molar-refractivity contribution >= 4 is 33.0 Å². The summed E-state index contributed by atoms with van der Waals surface area (Å²) in [5.41, 5.74) is 1.42. The smallest absolute Gasteiger partial charge is 0.266 e. The Kier molecular flexibility index (Phi) is 6.99. The molecule has 0 amide bonds. The van der Waals surface area contributed by atoms with Crippen molar-refractivity contribution in [2.24, 2.45) is 7.05 Å². The van der Waals surface area contributed by atoms with E-state index < -0.39 is 10.0 Å². The standard InChI is InChI=1S/C19H27ClN4O5S/c1-5-28-16-12-15(24-7-9-27-10-8-24)17(29-6-2)11-14(16)22-30(25,26)18-13(3)21-23(4)19(18)20/h11-12,22H,5-10H2,1-4H3. The molecule has 1 saturated heterocycles. The maximum atomic E-state index is 13.1. The summed E-state index contributed by atoms with van der Waals surface area (Å²) in [6, 6.07) is 3.45. The van der Waals surface area contributed by atoms with Gasteiger partial charge in [-0.1, -0.05) is 11.6 Å². The van der Waals surface area contributed by atoms with Gasteiger partial charge in [0.15, 0.2) is 0 Å². The van der Waals surface area contributed by atoms with Crippen molar-refractivity contribution in [1.29, 1.82) is 0 Å². The Morgan fingerprint density at radius 1 is 1.17 bits per heavy atom. The minimum atomic E-state index is -4.00. The summed E-state index contributed by atoms with van der Waals surface area (Å²) in [5.74, 6) is 0.971. The molecule has 30 heavy (non-hydrogen) atoms. The van der Waals surface area contributed by atoms with Gasteiger partial charge < -0.3 is 19.1 Å². The molecule has 1 aliphatic rings. The molecule has 0 aliphatic carbocycles. The van der Waals surface area contributed by atoms with E-state index in [-0.39, 0.29) is 15.7 Å². The molecule has 2 heterocycles. The molecule has 0 spiro atoms. The van der Waals surface area contributed by atoms with Crippen molar-refractivity contribution in [3.63, 3.8) is 0 Å². The number of hydrogen-bond acceptors (Lipinski definition) is 7. The number of aromatic nitrogens is 2. The van der Waals surface area contributed by atoms with Gasteiger partial charge in [0.1, 0.15) is 21.5 Å². The number of nitrogens with one attached hydrogen (secondary N) is 1. The van der Waals surface area contributed by atoms with E-state index in [1.165, 1.54) is 4.68 Å². The van der Waals surface area contributed by atoms with Crippen molar-refractivity contribution in [2.75, 3.05) is 49.1 Å². The molecule has 0 saturated carbocycles. The number of nitrogens with zero attached hydrogens (tertiary/aromatic N) is 3.